The highest BCUT2D eigenvalue weighted by Gasteiger charge is 2.20. The van der Waals surface area contributed by atoms with E-state index in [1.807, 2.05) is 5.48 Å². The molecule has 0 unspecified atom stereocenters. The highest BCUT2D eigenvalue weighted by atomic mass is 32.2. The largest absolute Gasteiger partial charge is 0.277 e. The second-order valence-electron chi connectivity index (χ2n) is 2.59. The van der Waals surface area contributed by atoms with Crippen molar-refractivity contribution in [1.29, 1.82) is 0 Å². The predicted molar refractivity (Wildman–Crippen MR) is 44.1 cm³/mol. The highest BCUT2D eigenvalue weighted by molar-refractivity contribution is 7.92. The number of carbonyl (C=O) groups excluding carboxylic acids is 1. The molecule has 1 amide bonds. The Bertz CT molecular complexity index is 244. The summed E-state index contributed by atoms with van der Waals surface area (Å²) in [7, 11) is -2.06. The van der Waals surface area contributed by atoms with E-state index >= 15 is 0 Å². The molecule has 0 heterocycles. The molecule has 6 heteroatoms. The van der Waals surface area contributed by atoms with E-state index in [2.05, 4.69) is 4.84 Å². The first kappa shape index (κ1) is 11.4. The molecule has 1 N–H and O–H groups in total. The second kappa shape index (κ2) is 4.42. The van der Waals surface area contributed by atoms with Gasteiger partial charge >= 0.3 is 0 Å². The minimum absolute atomic E-state index is 0.529. The third kappa shape index (κ3) is 3.68. The van der Waals surface area contributed by atoms with Crippen LogP contribution in [0.2, 0.25) is 0 Å². The van der Waals surface area contributed by atoms with Crippen LogP contribution in [-0.4, -0.2) is 32.4 Å². The number of hydroxylamine groups is 1. The van der Waals surface area contributed by atoms with E-state index < -0.39 is 26.7 Å². The molecule has 0 spiro atoms. The first-order chi connectivity index (χ1) is 5.40. The molecule has 0 aliphatic rings. The van der Waals surface area contributed by atoms with Crippen LogP contribution in [0.4, 0.5) is 0 Å². The van der Waals surface area contributed by atoms with Gasteiger partial charge < -0.3 is 0 Å². The average Bonchev–Trinajstić information content (AvgIpc) is 1.85. The summed E-state index contributed by atoms with van der Waals surface area (Å²) in [4.78, 5) is 15.0. The van der Waals surface area contributed by atoms with Crippen LogP contribution in [0.25, 0.3) is 0 Å². The van der Waals surface area contributed by atoms with Crippen molar-refractivity contribution in [3.05, 3.63) is 0 Å². The van der Waals surface area contributed by atoms with E-state index in [0.717, 1.165) is 0 Å². The average molecular weight is 195 g/mol. The summed E-state index contributed by atoms with van der Waals surface area (Å²) in [5.41, 5.74) is 1.94. The van der Waals surface area contributed by atoms with Gasteiger partial charge in [0.15, 0.2) is 9.84 Å². The van der Waals surface area contributed by atoms with Crippen LogP contribution >= 0.6 is 0 Å². The van der Waals surface area contributed by atoms with Gasteiger partial charge in [-0.25, -0.2) is 13.9 Å². The number of hydrogen-bond donors (Lipinski definition) is 1. The molecular weight excluding hydrogens is 182 g/mol. The minimum atomic E-state index is -3.31. The van der Waals surface area contributed by atoms with Gasteiger partial charge in [-0.15, -0.1) is 0 Å². The SMILES string of the molecule is CONC(=O)CS(=O)(=O)C(C)C. The van der Waals surface area contributed by atoms with Crippen molar-refractivity contribution in [2.45, 2.75) is 19.1 Å². The van der Waals surface area contributed by atoms with E-state index in [0.29, 0.717) is 0 Å². The Morgan fingerprint density at radius 1 is 1.50 bits per heavy atom. The van der Waals surface area contributed by atoms with Crippen LogP contribution in [0, 0.1) is 0 Å². The van der Waals surface area contributed by atoms with Crippen LogP contribution in [0.5, 0.6) is 0 Å². The first-order valence-corrected chi connectivity index (χ1v) is 5.15. The maximum atomic E-state index is 11.1. The molecule has 0 aliphatic heterocycles. The van der Waals surface area contributed by atoms with Gasteiger partial charge in [-0.3, -0.25) is 9.63 Å². The number of nitrogens with one attached hydrogen (secondary N) is 1. The molecule has 72 valence electrons. The molecule has 12 heavy (non-hydrogen) atoms. The standard InChI is InChI=1S/C6H13NO4S/c1-5(2)12(9,10)4-6(8)7-11-3/h5H,4H2,1-3H3,(H,7,8). The lowest BCUT2D eigenvalue weighted by molar-refractivity contribution is -0.128. The summed E-state index contributed by atoms with van der Waals surface area (Å²) in [6.45, 7) is 3.05. The fraction of sp³-hybridized carbons (Fsp3) is 0.833. The van der Waals surface area contributed by atoms with Crippen molar-refractivity contribution in [3.8, 4) is 0 Å². The molecule has 0 rings (SSSR count). The molecule has 0 aliphatic carbocycles. The second-order valence-corrected chi connectivity index (χ2v) is 5.14. The fourth-order valence-corrected chi connectivity index (χ4v) is 1.25. The van der Waals surface area contributed by atoms with Gasteiger partial charge in [0, 0.05) is 0 Å². The van der Waals surface area contributed by atoms with Crippen molar-refractivity contribution < 1.29 is 18.0 Å². The number of hydrogen-bond acceptors (Lipinski definition) is 4. The van der Waals surface area contributed by atoms with Gasteiger partial charge in [0.1, 0.15) is 5.75 Å². The smallest absolute Gasteiger partial charge is 0.258 e. The van der Waals surface area contributed by atoms with Gasteiger partial charge in [-0.1, -0.05) is 0 Å². The lowest BCUT2D eigenvalue weighted by Gasteiger charge is -2.06. The molecule has 0 aromatic carbocycles. The topological polar surface area (TPSA) is 72.5 Å². The normalized spacial score (nSPS) is 11.7. The number of sulfone groups is 1. The zero-order valence-corrected chi connectivity index (χ0v) is 8.14. The Morgan fingerprint density at radius 3 is 2.33 bits per heavy atom. The molecule has 0 aromatic heterocycles. The monoisotopic (exact) mass is 195 g/mol. The zero-order chi connectivity index (χ0) is 9.78. The number of amides is 1. The summed E-state index contributed by atoms with van der Waals surface area (Å²) in [6.07, 6.45) is 0. The van der Waals surface area contributed by atoms with E-state index in [4.69, 9.17) is 0 Å². The quantitative estimate of drug-likeness (QED) is 0.613. The molecule has 5 nitrogen and oxygen atoms in total. The van der Waals surface area contributed by atoms with Crippen molar-refractivity contribution in [2.75, 3.05) is 12.9 Å². The summed E-state index contributed by atoms with van der Waals surface area (Å²) < 4.78 is 22.2. The van der Waals surface area contributed by atoms with Gasteiger partial charge in [-0.2, -0.15) is 0 Å². The van der Waals surface area contributed by atoms with Gasteiger partial charge in [0.05, 0.1) is 12.4 Å². The van der Waals surface area contributed by atoms with Gasteiger partial charge in [-0.05, 0) is 13.8 Å². The van der Waals surface area contributed by atoms with Crippen molar-refractivity contribution in [1.82, 2.24) is 5.48 Å². The van der Waals surface area contributed by atoms with Crippen LogP contribution in [-0.2, 0) is 19.5 Å². The lowest BCUT2D eigenvalue weighted by Crippen LogP contribution is -2.32. The van der Waals surface area contributed by atoms with Crippen LogP contribution in [0.15, 0.2) is 0 Å². The van der Waals surface area contributed by atoms with Crippen molar-refractivity contribution in [2.24, 2.45) is 0 Å². The summed E-state index contributed by atoms with van der Waals surface area (Å²) in [6, 6.07) is 0. The predicted octanol–water partition coefficient (Wildman–Crippen LogP) is -0.513. The highest BCUT2D eigenvalue weighted by Crippen LogP contribution is 1.99. The first-order valence-electron chi connectivity index (χ1n) is 3.43. The number of carbonyl (C=O) groups is 1. The number of rotatable bonds is 4. The van der Waals surface area contributed by atoms with Crippen LogP contribution in [0.1, 0.15) is 13.8 Å². The Kier molecular flexibility index (Phi) is 4.19. The third-order valence-electron chi connectivity index (χ3n) is 1.27. The maximum Gasteiger partial charge on any atom is 0.258 e. The molecule has 0 saturated heterocycles. The minimum Gasteiger partial charge on any atom is -0.277 e. The summed E-state index contributed by atoms with van der Waals surface area (Å²) >= 11 is 0. The Labute approximate surface area is 72.0 Å². The molecular formula is C6H13NO4S. The Morgan fingerprint density at radius 2 is 2.00 bits per heavy atom. The third-order valence-corrected chi connectivity index (χ3v) is 3.37. The molecule has 0 aromatic rings. The molecule has 0 bridgehead atoms. The van der Waals surface area contributed by atoms with E-state index in [1.54, 1.807) is 0 Å². The Balaban J connectivity index is 4.17. The van der Waals surface area contributed by atoms with E-state index in [1.165, 1.54) is 21.0 Å². The summed E-state index contributed by atoms with van der Waals surface area (Å²) in [5.74, 6) is -1.18. The maximum absolute atomic E-state index is 11.1. The lowest BCUT2D eigenvalue weighted by atomic mass is 10.6. The van der Waals surface area contributed by atoms with E-state index in [9.17, 15) is 13.2 Å². The van der Waals surface area contributed by atoms with E-state index in [-0.39, 0.29) is 0 Å². The Hall–Kier alpha value is -0.620. The summed E-state index contributed by atoms with van der Waals surface area (Å²) in [5, 5.41) is -0.542. The van der Waals surface area contributed by atoms with Gasteiger partial charge in [0.2, 0.25) is 0 Å². The molecule has 0 saturated carbocycles. The van der Waals surface area contributed by atoms with Crippen molar-refractivity contribution >= 4 is 15.7 Å². The van der Waals surface area contributed by atoms with Crippen LogP contribution < -0.4 is 5.48 Å². The molecule has 0 fully saturated rings. The fourth-order valence-electron chi connectivity index (χ4n) is 0.493. The zero-order valence-electron chi connectivity index (χ0n) is 7.33. The molecule has 0 radical (unpaired) electrons. The van der Waals surface area contributed by atoms with Gasteiger partial charge in [0.25, 0.3) is 5.91 Å². The molecule has 0 atom stereocenters. The van der Waals surface area contributed by atoms with Crippen LogP contribution in [0.3, 0.4) is 0 Å². The van der Waals surface area contributed by atoms with Crippen molar-refractivity contribution in [3.63, 3.8) is 0 Å².